The number of fused-ring (bicyclic) bond motifs is 1. The van der Waals surface area contributed by atoms with Crippen molar-refractivity contribution in [3.05, 3.63) is 0 Å². The van der Waals surface area contributed by atoms with Gasteiger partial charge in [-0.3, -0.25) is 0 Å². The third-order valence-corrected chi connectivity index (χ3v) is 3.26. The van der Waals surface area contributed by atoms with E-state index in [9.17, 15) is 0 Å². The molecule has 2 heteroatoms. The number of nitriles is 1. The van der Waals surface area contributed by atoms with Crippen molar-refractivity contribution in [2.75, 3.05) is 13.1 Å². The maximum absolute atomic E-state index is 9.06. The van der Waals surface area contributed by atoms with Crippen molar-refractivity contribution in [3.63, 3.8) is 0 Å². The summed E-state index contributed by atoms with van der Waals surface area (Å²) in [4.78, 5) is 0. The van der Waals surface area contributed by atoms with Gasteiger partial charge in [0.05, 0.1) is 11.5 Å². The molecule has 0 aromatic carbocycles. The molecule has 2 atom stereocenters. The van der Waals surface area contributed by atoms with Gasteiger partial charge in [0.25, 0.3) is 0 Å². The van der Waals surface area contributed by atoms with Gasteiger partial charge in [-0.1, -0.05) is 12.8 Å². The van der Waals surface area contributed by atoms with Crippen LogP contribution in [0.1, 0.15) is 25.7 Å². The van der Waals surface area contributed by atoms with Gasteiger partial charge in [-0.05, 0) is 25.3 Å². The molecule has 0 aromatic heterocycles. The van der Waals surface area contributed by atoms with Crippen LogP contribution in [0.4, 0.5) is 0 Å². The highest BCUT2D eigenvalue weighted by Crippen LogP contribution is 2.42. The Morgan fingerprint density at radius 2 is 2.36 bits per heavy atom. The van der Waals surface area contributed by atoms with Crippen molar-refractivity contribution in [1.29, 1.82) is 5.26 Å². The fourth-order valence-electron chi connectivity index (χ4n) is 2.50. The number of nitrogens with one attached hydrogen (secondary N) is 1. The van der Waals surface area contributed by atoms with Crippen molar-refractivity contribution < 1.29 is 0 Å². The van der Waals surface area contributed by atoms with Gasteiger partial charge < -0.3 is 5.32 Å². The van der Waals surface area contributed by atoms with Crippen LogP contribution >= 0.6 is 0 Å². The van der Waals surface area contributed by atoms with Crippen LogP contribution in [0.2, 0.25) is 0 Å². The molecular formula is C9H14N2. The number of nitrogens with zero attached hydrogens (tertiary/aromatic N) is 1. The highest BCUT2D eigenvalue weighted by Gasteiger charge is 2.44. The Bertz CT molecular complexity index is 194. The van der Waals surface area contributed by atoms with E-state index in [1.54, 1.807) is 0 Å². The average molecular weight is 150 g/mol. The van der Waals surface area contributed by atoms with Crippen LogP contribution in [0.5, 0.6) is 0 Å². The molecule has 1 saturated carbocycles. The number of hydrogen-bond donors (Lipinski definition) is 1. The van der Waals surface area contributed by atoms with Gasteiger partial charge in [0.2, 0.25) is 0 Å². The predicted molar refractivity (Wildman–Crippen MR) is 42.9 cm³/mol. The van der Waals surface area contributed by atoms with Gasteiger partial charge in [-0.15, -0.1) is 0 Å². The first-order chi connectivity index (χ1) is 5.37. The van der Waals surface area contributed by atoms with Crippen molar-refractivity contribution in [1.82, 2.24) is 5.32 Å². The minimum absolute atomic E-state index is 0.0260. The molecule has 0 radical (unpaired) electrons. The maximum atomic E-state index is 9.06. The molecule has 11 heavy (non-hydrogen) atoms. The second kappa shape index (κ2) is 2.49. The van der Waals surface area contributed by atoms with Crippen LogP contribution in [0.3, 0.4) is 0 Å². The second-order valence-electron chi connectivity index (χ2n) is 3.84. The lowest BCUT2D eigenvalue weighted by Gasteiger charge is -2.31. The summed E-state index contributed by atoms with van der Waals surface area (Å²) in [7, 11) is 0. The Balaban J connectivity index is 2.20. The highest BCUT2D eigenvalue weighted by atomic mass is 14.9. The fraction of sp³-hybridized carbons (Fsp3) is 0.889. The van der Waals surface area contributed by atoms with Crippen molar-refractivity contribution in [3.8, 4) is 6.07 Å². The predicted octanol–water partition coefficient (Wildman–Crippen LogP) is 1.29. The normalized spacial score (nSPS) is 43.0. The molecule has 0 unspecified atom stereocenters. The van der Waals surface area contributed by atoms with Crippen LogP contribution in [0, 0.1) is 22.7 Å². The standard InChI is InChI=1S/C9H14N2/c10-6-9-4-2-1-3-8(9)5-11-7-9/h8,11H,1-5,7H2/t8-,9-/m1/s1. The summed E-state index contributed by atoms with van der Waals surface area (Å²) in [5, 5.41) is 12.4. The largest absolute Gasteiger partial charge is 0.315 e. The van der Waals surface area contributed by atoms with E-state index in [0.29, 0.717) is 5.92 Å². The molecule has 2 rings (SSSR count). The van der Waals surface area contributed by atoms with Gasteiger partial charge in [-0.25, -0.2) is 0 Å². The first-order valence-electron chi connectivity index (χ1n) is 4.49. The lowest BCUT2D eigenvalue weighted by molar-refractivity contribution is 0.220. The van der Waals surface area contributed by atoms with E-state index in [1.807, 2.05) is 0 Å². The lowest BCUT2D eigenvalue weighted by atomic mass is 9.69. The van der Waals surface area contributed by atoms with Crippen LogP contribution < -0.4 is 5.32 Å². The molecule has 0 amide bonds. The van der Waals surface area contributed by atoms with Crippen molar-refractivity contribution in [2.24, 2.45) is 11.3 Å². The Kier molecular flexibility index (Phi) is 1.61. The van der Waals surface area contributed by atoms with Crippen LogP contribution in [0.25, 0.3) is 0 Å². The first kappa shape index (κ1) is 7.12. The molecule has 2 nitrogen and oxygen atoms in total. The number of rotatable bonds is 0. The third kappa shape index (κ3) is 0.954. The average Bonchev–Trinajstić information content (AvgIpc) is 2.48. The second-order valence-corrected chi connectivity index (χ2v) is 3.84. The molecule has 0 aromatic rings. The quantitative estimate of drug-likeness (QED) is 0.564. The Hall–Kier alpha value is -0.550. The lowest BCUT2D eigenvalue weighted by Crippen LogP contribution is -2.31. The van der Waals surface area contributed by atoms with E-state index >= 15 is 0 Å². The SMILES string of the molecule is N#C[C@@]12CCCC[C@@H]1CNC2. The summed E-state index contributed by atoms with van der Waals surface area (Å²) in [5.41, 5.74) is 0.0260. The summed E-state index contributed by atoms with van der Waals surface area (Å²) in [5.74, 6) is 0.654. The highest BCUT2D eigenvalue weighted by molar-refractivity contribution is 5.10. The summed E-state index contributed by atoms with van der Waals surface area (Å²) >= 11 is 0. The van der Waals surface area contributed by atoms with E-state index in [2.05, 4.69) is 11.4 Å². The Morgan fingerprint density at radius 3 is 3.09 bits per heavy atom. The molecule has 0 spiro atoms. The topological polar surface area (TPSA) is 35.8 Å². The summed E-state index contributed by atoms with van der Waals surface area (Å²) < 4.78 is 0. The Labute approximate surface area is 67.6 Å². The third-order valence-electron chi connectivity index (χ3n) is 3.26. The minimum Gasteiger partial charge on any atom is -0.315 e. The van der Waals surface area contributed by atoms with Gasteiger partial charge >= 0.3 is 0 Å². The molecule has 60 valence electrons. The summed E-state index contributed by atoms with van der Waals surface area (Å²) in [6.07, 6.45) is 4.98. The fourth-order valence-corrected chi connectivity index (χ4v) is 2.50. The van der Waals surface area contributed by atoms with Crippen LogP contribution in [-0.4, -0.2) is 13.1 Å². The minimum atomic E-state index is 0.0260. The van der Waals surface area contributed by atoms with E-state index in [-0.39, 0.29) is 5.41 Å². The smallest absolute Gasteiger partial charge is 0.0738 e. The van der Waals surface area contributed by atoms with E-state index < -0.39 is 0 Å². The van der Waals surface area contributed by atoms with Gasteiger partial charge in [0.1, 0.15) is 0 Å². The Morgan fingerprint density at radius 1 is 1.45 bits per heavy atom. The van der Waals surface area contributed by atoms with Gasteiger partial charge in [0, 0.05) is 6.54 Å². The van der Waals surface area contributed by atoms with Crippen LogP contribution in [-0.2, 0) is 0 Å². The van der Waals surface area contributed by atoms with Crippen molar-refractivity contribution in [2.45, 2.75) is 25.7 Å². The van der Waals surface area contributed by atoms with Crippen LogP contribution in [0.15, 0.2) is 0 Å². The van der Waals surface area contributed by atoms with Crippen molar-refractivity contribution >= 4 is 0 Å². The van der Waals surface area contributed by atoms with Gasteiger partial charge in [-0.2, -0.15) is 5.26 Å². The molecule has 1 aliphatic heterocycles. The summed E-state index contributed by atoms with van der Waals surface area (Å²) in [6, 6.07) is 2.52. The molecule has 1 heterocycles. The molecule has 1 saturated heterocycles. The van der Waals surface area contributed by atoms with E-state index in [4.69, 9.17) is 5.26 Å². The van der Waals surface area contributed by atoms with E-state index in [1.165, 1.54) is 19.3 Å². The monoisotopic (exact) mass is 150 g/mol. The molecular weight excluding hydrogens is 136 g/mol. The first-order valence-corrected chi connectivity index (χ1v) is 4.49. The molecule has 1 N–H and O–H groups in total. The molecule has 2 fully saturated rings. The molecule has 0 bridgehead atoms. The number of hydrogen-bond acceptors (Lipinski definition) is 2. The van der Waals surface area contributed by atoms with E-state index in [0.717, 1.165) is 19.5 Å². The van der Waals surface area contributed by atoms with Gasteiger partial charge in [0.15, 0.2) is 0 Å². The summed E-state index contributed by atoms with van der Waals surface area (Å²) in [6.45, 7) is 2.02. The molecule has 2 aliphatic rings. The molecule has 1 aliphatic carbocycles. The zero-order valence-electron chi connectivity index (χ0n) is 6.77. The maximum Gasteiger partial charge on any atom is 0.0738 e. The zero-order chi connectivity index (χ0) is 7.73. The zero-order valence-corrected chi connectivity index (χ0v) is 6.77.